The molecule has 0 radical (unpaired) electrons. The number of thiophene rings is 1. The second-order valence-electron chi connectivity index (χ2n) is 12.4. The van der Waals surface area contributed by atoms with Gasteiger partial charge in [-0.25, -0.2) is 15.0 Å². The molecule has 0 fully saturated rings. The van der Waals surface area contributed by atoms with Crippen molar-refractivity contribution in [2.45, 2.75) is 0 Å². The van der Waals surface area contributed by atoms with Crippen molar-refractivity contribution in [3.05, 3.63) is 170 Å². The van der Waals surface area contributed by atoms with E-state index in [9.17, 15) is 0 Å². The lowest BCUT2D eigenvalue weighted by atomic mass is 9.99. The Balaban J connectivity index is 1.19. The van der Waals surface area contributed by atoms with Crippen molar-refractivity contribution in [3.8, 4) is 51.0 Å². The van der Waals surface area contributed by atoms with Crippen LogP contribution in [0.3, 0.4) is 0 Å². The summed E-state index contributed by atoms with van der Waals surface area (Å²) in [6.45, 7) is 0. The van der Waals surface area contributed by atoms with Gasteiger partial charge in [0, 0.05) is 53.2 Å². The van der Waals surface area contributed by atoms with E-state index in [0.717, 1.165) is 27.9 Å². The van der Waals surface area contributed by atoms with Gasteiger partial charge in [-0.1, -0.05) is 146 Å². The summed E-state index contributed by atoms with van der Waals surface area (Å²) in [4.78, 5) is 14.9. The first-order chi connectivity index (χ1) is 24.8. The first-order valence-electron chi connectivity index (χ1n) is 16.7. The standard InChI is InChI=1S/C45H28N4S/c1-3-13-30(14-4-1)43-46-44(31-15-5-2-6-16-31)48-45(47-43)32-25-23-29(24-26-32)41-39(28-27-36-35-19-9-12-22-40(35)50-42(36)41)49-37-20-10-7-17-33(37)34-18-8-11-21-38(34)49/h1-28H. The third-order valence-corrected chi connectivity index (χ3v) is 10.7. The van der Waals surface area contributed by atoms with Crippen molar-refractivity contribution in [1.82, 2.24) is 19.5 Å². The SMILES string of the molecule is c1ccc(-c2nc(-c3ccccc3)nc(-c3ccc(-c4c(-n5c6ccccc6c6ccccc65)ccc5c4sc4ccccc45)cc3)n2)cc1. The van der Waals surface area contributed by atoms with Gasteiger partial charge in [-0.2, -0.15) is 0 Å². The van der Waals surface area contributed by atoms with Crippen LogP contribution in [0.4, 0.5) is 0 Å². The summed E-state index contributed by atoms with van der Waals surface area (Å²) in [5.41, 5.74) is 8.75. The van der Waals surface area contributed by atoms with Gasteiger partial charge in [0.2, 0.25) is 0 Å². The summed E-state index contributed by atoms with van der Waals surface area (Å²) in [5, 5.41) is 5.05. The molecule has 0 saturated heterocycles. The molecule has 0 spiro atoms. The van der Waals surface area contributed by atoms with E-state index in [2.05, 4.69) is 114 Å². The van der Waals surface area contributed by atoms with E-state index in [1.165, 1.54) is 47.5 Å². The van der Waals surface area contributed by atoms with Gasteiger partial charge in [-0.3, -0.25) is 0 Å². The zero-order valence-corrected chi connectivity index (χ0v) is 27.7. The van der Waals surface area contributed by atoms with E-state index >= 15 is 0 Å². The van der Waals surface area contributed by atoms with Crippen LogP contribution in [0.25, 0.3) is 93.0 Å². The van der Waals surface area contributed by atoms with Crippen LogP contribution in [0.15, 0.2) is 170 Å². The Kier molecular flexibility index (Phi) is 6.64. The van der Waals surface area contributed by atoms with Crippen molar-refractivity contribution in [2.75, 3.05) is 0 Å². The average molecular weight is 657 g/mol. The molecule has 50 heavy (non-hydrogen) atoms. The number of rotatable bonds is 5. The number of para-hydroxylation sites is 2. The predicted molar refractivity (Wildman–Crippen MR) is 209 cm³/mol. The van der Waals surface area contributed by atoms with Crippen LogP contribution in [-0.4, -0.2) is 19.5 Å². The van der Waals surface area contributed by atoms with Gasteiger partial charge in [0.05, 0.1) is 16.7 Å². The zero-order valence-electron chi connectivity index (χ0n) is 26.9. The molecule has 0 N–H and O–H groups in total. The second kappa shape index (κ2) is 11.6. The Bertz CT molecular complexity index is 2740. The smallest absolute Gasteiger partial charge is 0.164 e. The molecule has 0 bridgehead atoms. The van der Waals surface area contributed by atoms with E-state index in [4.69, 9.17) is 15.0 Å². The van der Waals surface area contributed by atoms with Crippen LogP contribution in [0.5, 0.6) is 0 Å². The molecule has 0 aliphatic heterocycles. The topological polar surface area (TPSA) is 43.6 Å². The Morgan fingerprint density at radius 3 is 1.40 bits per heavy atom. The van der Waals surface area contributed by atoms with Gasteiger partial charge >= 0.3 is 0 Å². The minimum Gasteiger partial charge on any atom is -0.309 e. The van der Waals surface area contributed by atoms with Gasteiger partial charge in [0.1, 0.15) is 0 Å². The summed E-state index contributed by atoms with van der Waals surface area (Å²) < 4.78 is 4.99. The molecule has 3 aromatic heterocycles. The quantitative estimate of drug-likeness (QED) is 0.185. The molecule has 234 valence electrons. The van der Waals surface area contributed by atoms with Crippen molar-refractivity contribution in [1.29, 1.82) is 0 Å². The van der Waals surface area contributed by atoms with Crippen molar-refractivity contribution >= 4 is 53.3 Å². The Labute approximate surface area is 292 Å². The van der Waals surface area contributed by atoms with Crippen molar-refractivity contribution in [2.24, 2.45) is 0 Å². The van der Waals surface area contributed by atoms with Crippen LogP contribution in [0, 0.1) is 0 Å². The molecule has 0 unspecified atom stereocenters. The Morgan fingerprint density at radius 1 is 0.360 bits per heavy atom. The Morgan fingerprint density at radius 2 is 0.820 bits per heavy atom. The van der Waals surface area contributed by atoms with Crippen LogP contribution >= 0.6 is 11.3 Å². The molecule has 0 aliphatic carbocycles. The molecule has 10 rings (SSSR count). The number of nitrogens with zero attached hydrogens (tertiary/aromatic N) is 4. The van der Waals surface area contributed by atoms with Crippen LogP contribution in [-0.2, 0) is 0 Å². The van der Waals surface area contributed by atoms with E-state index < -0.39 is 0 Å². The van der Waals surface area contributed by atoms with Gasteiger partial charge in [0.25, 0.3) is 0 Å². The monoisotopic (exact) mass is 656 g/mol. The highest BCUT2D eigenvalue weighted by Crippen LogP contribution is 2.45. The first kappa shape index (κ1) is 28.6. The third-order valence-electron chi connectivity index (χ3n) is 9.48. The van der Waals surface area contributed by atoms with Crippen molar-refractivity contribution < 1.29 is 0 Å². The molecule has 10 aromatic rings. The second-order valence-corrected chi connectivity index (χ2v) is 13.5. The summed E-state index contributed by atoms with van der Waals surface area (Å²) in [5.74, 6) is 1.95. The number of benzene rings is 7. The summed E-state index contributed by atoms with van der Waals surface area (Å²) in [7, 11) is 0. The van der Waals surface area contributed by atoms with E-state index in [-0.39, 0.29) is 0 Å². The lowest BCUT2D eigenvalue weighted by Crippen LogP contribution is -2.00. The fraction of sp³-hybridized carbons (Fsp3) is 0. The number of fused-ring (bicyclic) bond motifs is 6. The van der Waals surface area contributed by atoms with Gasteiger partial charge < -0.3 is 4.57 Å². The third kappa shape index (κ3) is 4.63. The maximum Gasteiger partial charge on any atom is 0.164 e. The molecule has 5 heteroatoms. The maximum atomic E-state index is 4.98. The summed E-state index contributed by atoms with van der Waals surface area (Å²) in [6, 6.07) is 59.7. The highest BCUT2D eigenvalue weighted by atomic mass is 32.1. The van der Waals surface area contributed by atoms with Crippen LogP contribution in [0.2, 0.25) is 0 Å². The molecule has 0 atom stereocenters. The molecule has 0 amide bonds. The zero-order chi connectivity index (χ0) is 33.0. The molecule has 7 aromatic carbocycles. The fourth-order valence-corrected chi connectivity index (χ4v) is 8.42. The molecule has 3 heterocycles. The summed E-state index contributed by atoms with van der Waals surface area (Å²) >= 11 is 1.86. The van der Waals surface area contributed by atoms with Gasteiger partial charge in [0.15, 0.2) is 17.5 Å². The number of hydrogen-bond donors (Lipinski definition) is 0. The normalized spacial score (nSPS) is 11.6. The average Bonchev–Trinajstić information content (AvgIpc) is 3.74. The lowest BCUT2D eigenvalue weighted by molar-refractivity contribution is 1.07. The molecule has 0 aliphatic rings. The van der Waals surface area contributed by atoms with Crippen LogP contribution in [0.1, 0.15) is 0 Å². The predicted octanol–water partition coefficient (Wildman–Crippen LogP) is 12.0. The minimum atomic E-state index is 0.645. The van der Waals surface area contributed by atoms with Crippen molar-refractivity contribution in [3.63, 3.8) is 0 Å². The Hall–Kier alpha value is -6.43. The lowest BCUT2D eigenvalue weighted by Gasteiger charge is -2.16. The largest absolute Gasteiger partial charge is 0.309 e. The van der Waals surface area contributed by atoms with E-state index in [1.54, 1.807) is 0 Å². The number of aromatic nitrogens is 4. The number of hydrogen-bond acceptors (Lipinski definition) is 4. The van der Waals surface area contributed by atoms with Gasteiger partial charge in [-0.15, -0.1) is 11.3 Å². The summed E-state index contributed by atoms with van der Waals surface area (Å²) in [6.07, 6.45) is 0. The fourth-order valence-electron chi connectivity index (χ4n) is 7.15. The van der Waals surface area contributed by atoms with Gasteiger partial charge in [-0.05, 0) is 29.8 Å². The minimum absolute atomic E-state index is 0.645. The van der Waals surface area contributed by atoms with E-state index in [0.29, 0.717) is 17.5 Å². The molecule has 4 nitrogen and oxygen atoms in total. The molecular weight excluding hydrogens is 629 g/mol. The molecular formula is C45H28N4S. The molecule has 0 saturated carbocycles. The maximum absolute atomic E-state index is 4.98. The van der Waals surface area contributed by atoms with Crippen LogP contribution < -0.4 is 0 Å². The highest BCUT2D eigenvalue weighted by Gasteiger charge is 2.20. The first-order valence-corrected chi connectivity index (χ1v) is 17.5. The van der Waals surface area contributed by atoms with E-state index in [1.807, 2.05) is 72.0 Å². The highest BCUT2D eigenvalue weighted by molar-refractivity contribution is 7.26.